The smallest absolute Gasteiger partial charge is 0.302 e. The molecule has 4 saturated carbocycles. The molecule has 268 valence electrons. The molecule has 4 saturated heterocycles. The second-order valence-electron chi connectivity index (χ2n) is 18.5. The molecule has 0 aromatic carbocycles. The maximum atomic E-state index is 12.9. The fourth-order valence-electron chi connectivity index (χ4n) is 13.8. The standard InChI is InChI=1S/C37H54O11/c1-17-12-37(29-34(7,47-29)30(42)48-37)46-20-13-32(5)22-9-8-21-31(3,4)23(45-28-27(41)26(40)19(39)15-43-28)10-11-35(21)16-36(22,35)14-24(44-18(2)38)33(32,6)25(17)20/h9,17,19-21,23-30,39-42H,8,10-16H2,1-7H3/t17-,19-,20+,21+,23+,24-,25+,26+,27-,28+,29?,30?,32+,33-,34?,35-,36+,37?/m1/s1. The normalized spacial score (nSPS) is 61.6. The average molecular weight is 675 g/mol. The van der Waals surface area contributed by atoms with E-state index in [-0.39, 0.29) is 75.9 Å². The van der Waals surface area contributed by atoms with E-state index in [9.17, 15) is 25.2 Å². The van der Waals surface area contributed by atoms with Crippen LogP contribution in [0, 0.1) is 44.8 Å². The van der Waals surface area contributed by atoms with Crippen molar-refractivity contribution < 1.29 is 53.6 Å². The lowest BCUT2D eigenvalue weighted by molar-refractivity contribution is -0.345. The van der Waals surface area contributed by atoms with Crippen molar-refractivity contribution in [2.45, 2.75) is 160 Å². The van der Waals surface area contributed by atoms with Gasteiger partial charge in [0, 0.05) is 29.6 Å². The molecule has 9 aliphatic rings. The van der Waals surface area contributed by atoms with Crippen LogP contribution in [0.5, 0.6) is 0 Å². The number of carbonyl (C=O) groups excluding carboxylic acids is 1. The first kappa shape index (κ1) is 32.7. The van der Waals surface area contributed by atoms with Crippen molar-refractivity contribution >= 4 is 5.97 Å². The first-order chi connectivity index (χ1) is 22.4. The molecule has 8 fully saturated rings. The first-order valence-corrected chi connectivity index (χ1v) is 18.3. The molecule has 11 heteroatoms. The van der Waals surface area contributed by atoms with Gasteiger partial charge in [-0.1, -0.05) is 46.3 Å². The quantitative estimate of drug-likeness (QED) is 0.198. The summed E-state index contributed by atoms with van der Waals surface area (Å²) in [6, 6.07) is 0. The number of esters is 1. The van der Waals surface area contributed by atoms with Gasteiger partial charge < -0.3 is 48.8 Å². The molecule has 5 aliphatic carbocycles. The van der Waals surface area contributed by atoms with Crippen molar-refractivity contribution in [2.24, 2.45) is 44.8 Å². The number of epoxide rings is 1. The maximum Gasteiger partial charge on any atom is 0.302 e. The Kier molecular flexibility index (Phi) is 6.57. The second kappa shape index (κ2) is 9.63. The lowest BCUT2D eigenvalue weighted by Crippen LogP contribution is -2.61. The van der Waals surface area contributed by atoms with E-state index in [0.717, 1.165) is 38.5 Å². The van der Waals surface area contributed by atoms with Crippen LogP contribution in [-0.4, -0.2) is 99.7 Å². The monoisotopic (exact) mass is 674 g/mol. The highest BCUT2D eigenvalue weighted by molar-refractivity contribution is 5.66. The molecule has 48 heavy (non-hydrogen) atoms. The Hall–Kier alpha value is -1.15. The molecule has 9 rings (SSSR count). The lowest BCUT2D eigenvalue weighted by Gasteiger charge is -2.62. The minimum Gasteiger partial charge on any atom is -0.462 e. The summed E-state index contributed by atoms with van der Waals surface area (Å²) in [4.78, 5) is 12.9. The highest BCUT2D eigenvalue weighted by Crippen LogP contribution is 2.88. The van der Waals surface area contributed by atoms with Crippen LogP contribution in [0.15, 0.2) is 11.6 Å². The summed E-state index contributed by atoms with van der Waals surface area (Å²) >= 11 is 0. The SMILES string of the molecule is CC(=O)O[C@@H]1C[C@@]23C[C@@]24CC[C@H](O[C@@H]2OC[C@@H](O)[C@H](O)[C@H]2O)C(C)(C)[C@@H]4CC=C3[C@]2(C)C[C@@H]3OC4(C[C@@H](C)[C@@H]3[C@@]12C)OC(O)C1(C)OC41. The van der Waals surface area contributed by atoms with Gasteiger partial charge in [-0.2, -0.15) is 0 Å². The zero-order valence-electron chi connectivity index (χ0n) is 29.3. The number of fused-ring (bicyclic) bond motifs is 6. The van der Waals surface area contributed by atoms with Gasteiger partial charge in [0.05, 0.1) is 18.8 Å². The molecular formula is C37H54O11. The molecule has 11 nitrogen and oxygen atoms in total. The Morgan fingerprint density at radius 1 is 0.958 bits per heavy atom. The third-order valence-electron chi connectivity index (χ3n) is 16.1. The van der Waals surface area contributed by atoms with Gasteiger partial charge in [0.2, 0.25) is 5.79 Å². The molecule has 0 aromatic rings. The van der Waals surface area contributed by atoms with Crippen molar-refractivity contribution in [1.29, 1.82) is 0 Å². The van der Waals surface area contributed by atoms with Crippen molar-refractivity contribution in [3.8, 4) is 0 Å². The fraction of sp³-hybridized carbons (Fsp3) is 0.919. The van der Waals surface area contributed by atoms with Gasteiger partial charge in [-0.25, -0.2) is 0 Å². The Bertz CT molecular complexity index is 1450. The van der Waals surface area contributed by atoms with Crippen molar-refractivity contribution in [1.82, 2.24) is 0 Å². The molecule has 0 amide bonds. The van der Waals surface area contributed by atoms with Crippen molar-refractivity contribution in [2.75, 3.05) is 6.61 Å². The molecular weight excluding hydrogens is 620 g/mol. The van der Waals surface area contributed by atoms with Crippen LogP contribution in [0.2, 0.25) is 0 Å². The zero-order chi connectivity index (χ0) is 34.2. The Labute approximate surface area is 282 Å². The summed E-state index contributed by atoms with van der Waals surface area (Å²) in [5.74, 6) is -0.600. The number of ether oxygens (including phenoxy) is 6. The van der Waals surface area contributed by atoms with Gasteiger partial charge in [0.1, 0.15) is 36.1 Å². The number of allylic oxidation sites excluding steroid dienone is 2. The molecule has 0 bridgehead atoms. The molecule has 4 aliphatic heterocycles. The number of hydrogen-bond acceptors (Lipinski definition) is 11. The summed E-state index contributed by atoms with van der Waals surface area (Å²) in [6.45, 7) is 14.9. The van der Waals surface area contributed by atoms with E-state index in [2.05, 4.69) is 40.7 Å². The van der Waals surface area contributed by atoms with Crippen molar-refractivity contribution in [3.63, 3.8) is 0 Å². The molecule has 4 unspecified atom stereocenters. The van der Waals surface area contributed by atoms with Crippen LogP contribution >= 0.6 is 0 Å². The minimum absolute atomic E-state index is 0.0364. The first-order valence-electron chi connectivity index (χ1n) is 18.3. The van der Waals surface area contributed by atoms with Crippen LogP contribution in [-0.2, 0) is 33.2 Å². The number of aliphatic hydroxyl groups is 4. The molecule has 18 atom stereocenters. The average Bonchev–Trinajstić information content (AvgIpc) is 3.84. The lowest BCUT2D eigenvalue weighted by atomic mass is 9.44. The largest absolute Gasteiger partial charge is 0.462 e. The Morgan fingerprint density at radius 2 is 1.71 bits per heavy atom. The van der Waals surface area contributed by atoms with E-state index in [0.29, 0.717) is 12.3 Å². The molecule has 4 heterocycles. The number of carbonyl (C=O) groups is 1. The van der Waals surface area contributed by atoms with Crippen LogP contribution in [0.4, 0.5) is 0 Å². The third kappa shape index (κ3) is 3.69. The van der Waals surface area contributed by atoms with Gasteiger partial charge in [0.25, 0.3) is 0 Å². The van der Waals surface area contributed by atoms with Crippen LogP contribution in [0.3, 0.4) is 0 Å². The highest BCUT2D eigenvalue weighted by atomic mass is 16.8. The summed E-state index contributed by atoms with van der Waals surface area (Å²) in [7, 11) is 0. The third-order valence-corrected chi connectivity index (χ3v) is 16.1. The van der Waals surface area contributed by atoms with Crippen LogP contribution in [0.25, 0.3) is 0 Å². The van der Waals surface area contributed by atoms with Crippen LogP contribution in [0.1, 0.15) is 93.4 Å². The summed E-state index contributed by atoms with van der Waals surface area (Å²) in [5.41, 5.74) is -0.191. The van der Waals surface area contributed by atoms with Gasteiger partial charge in [-0.3, -0.25) is 4.79 Å². The number of hydrogen-bond donors (Lipinski definition) is 4. The summed E-state index contributed by atoms with van der Waals surface area (Å²) in [5, 5.41) is 41.7. The highest BCUT2D eigenvalue weighted by Gasteiger charge is 2.85. The van der Waals surface area contributed by atoms with E-state index >= 15 is 0 Å². The van der Waals surface area contributed by atoms with E-state index < -0.39 is 42.3 Å². The van der Waals surface area contributed by atoms with Crippen molar-refractivity contribution in [3.05, 3.63) is 11.6 Å². The van der Waals surface area contributed by atoms with E-state index in [1.165, 1.54) is 12.5 Å². The summed E-state index contributed by atoms with van der Waals surface area (Å²) < 4.78 is 37.8. The van der Waals surface area contributed by atoms with E-state index in [4.69, 9.17) is 28.4 Å². The fourth-order valence-corrected chi connectivity index (χ4v) is 13.8. The maximum absolute atomic E-state index is 12.9. The van der Waals surface area contributed by atoms with Gasteiger partial charge in [-0.15, -0.1) is 0 Å². The predicted molar refractivity (Wildman–Crippen MR) is 168 cm³/mol. The summed E-state index contributed by atoms with van der Waals surface area (Å²) in [6.07, 6.45) is 1.68. The minimum atomic E-state index is -1.32. The number of rotatable bonds is 3. The number of aliphatic hydroxyl groups excluding tert-OH is 4. The van der Waals surface area contributed by atoms with E-state index in [1.54, 1.807) is 0 Å². The Morgan fingerprint density at radius 3 is 2.38 bits per heavy atom. The van der Waals surface area contributed by atoms with Gasteiger partial charge >= 0.3 is 5.97 Å². The zero-order valence-corrected chi connectivity index (χ0v) is 29.3. The van der Waals surface area contributed by atoms with Gasteiger partial charge in [0.15, 0.2) is 12.6 Å². The molecule has 0 aromatic heterocycles. The van der Waals surface area contributed by atoms with Gasteiger partial charge in [-0.05, 0) is 74.0 Å². The molecule has 0 radical (unpaired) electrons. The van der Waals surface area contributed by atoms with Crippen LogP contribution < -0.4 is 0 Å². The second-order valence-corrected chi connectivity index (χ2v) is 18.5. The predicted octanol–water partition coefficient (Wildman–Crippen LogP) is 2.95. The Balaban J connectivity index is 1.06. The molecule has 3 spiro atoms. The van der Waals surface area contributed by atoms with E-state index in [1.807, 2.05) is 6.92 Å². The topological polar surface area (TPSA) is 157 Å². The molecule has 4 N–H and O–H groups in total.